The second-order valence-corrected chi connectivity index (χ2v) is 17.4. The molecular weight excluding hydrogens is 899 g/mol. The zero-order valence-electron chi connectivity index (χ0n) is 35.8. The number of aromatic hydroxyl groups is 1. The highest BCUT2D eigenvalue weighted by molar-refractivity contribution is 6.00. The number of aliphatic carboxylic acids is 1. The van der Waals surface area contributed by atoms with E-state index in [9.17, 15) is 50.6 Å². The molecule has 2 saturated heterocycles. The van der Waals surface area contributed by atoms with Crippen molar-refractivity contribution in [2.24, 2.45) is 12.5 Å². The highest BCUT2D eigenvalue weighted by atomic mass is 19.4. The maximum Gasteiger partial charge on any atom is 0.490 e. The molecule has 24 heteroatoms. The van der Waals surface area contributed by atoms with E-state index in [2.05, 4.69) is 30.6 Å². The summed E-state index contributed by atoms with van der Waals surface area (Å²) in [6, 6.07) is 7.38. The molecular formula is C43H44F6N10O8. The zero-order valence-corrected chi connectivity index (χ0v) is 35.8. The highest BCUT2D eigenvalue weighted by Crippen LogP contribution is 2.57. The molecule has 10 rings (SSSR count). The summed E-state index contributed by atoms with van der Waals surface area (Å²) in [6.45, 7) is 4.04. The van der Waals surface area contributed by atoms with Crippen LogP contribution in [-0.2, 0) is 33.3 Å². The first-order valence-electron chi connectivity index (χ1n) is 21.4. The van der Waals surface area contributed by atoms with E-state index in [0.29, 0.717) is 48.0 Å². The minimum atomic E-state index is -5.08. The third-order valence-electron chi connectivity index (χ3n) is 13.5. The summed E-state index contributed by atoms with van der Waals surface area (Å²) in [7, 11) is 1.69. The second kappa shape index (κ2) is 18.1. The summed E-state index contributed by atoms with van der Waals surface area (Å²) >= 11 is 0. The van der Waals surface area contributed by atoms with Crippen LogP contribution in [0.3, 0.4) is 0 Å². The summed E-state index contributed by atoms with van der Waals surface area (Å²) < 4.78 is 82.5. The lowest BCUT2D eigenvalue weighted by Gasteiger charge is -2.52. The van der Waals surface area contributed by atoms with E-state index in [4.69, 9.17) is 24.4 Å². The number of rotatable bonds is 10. The smallest absolute Gasteiger partial charge is 0.490 e. The summed E-state index contributed by atoms with van der Waals surface area (Å²) in [6.07, 6.45) is 2.27. The summed E-state index contributed by atoms with van der Waals surface area (Å²) in [5.74, 6) is -9.27. The number of hydrogen-bond donors (Lipinski definition) is 4. The number of phenolic OH excluding ortho intramolecular Hbond substituents is 1. The Morgan fingerprint density at radius 3 is 2.28 bits per heavy atom. The van der Waals surface area contributed by atoms with Crippen LogP contribution >= 0.6 is 0 Å². The Labute approximate surface area is 376 Å². The fraction of sp³-hybridized carbons (Fsp3) is 0.465. The van der Waals surface area contributed by atoms with Gasteiger partial charge in [0.05, 0.1) is 16.6 Å². The van der Waals surface area contributed by atoms with Gasteiger partial charge in [-0.1, -0.05) is 11.2 Å². The molecule has 0 radical (unpaired) electrons. The van der Waals surface area contributed by atoms with Crippen LogP contribution in [0.1, 0.15) is 79.2 Å². The lowest BCUT2D eigenvalue weighted by atomic mass is 9.53. The molecule has 1 atom stereocenters. The summed E-state index contributed by atoms with van der Waals surface area (Å²) in [5, 5.41) is 25.8. The number of benzene rings is 2. The molecule has 3 saturated carbocycles. The van der Waals surface area contributed by atoms with Crippen molar-refractivity contribution in [1.82, 2.24) is 44.8 Å². The topological polar surface area (TPSA) is 231 Å². The largest absolute Gasteiger partial charge is 0.503 e. The molecule has 0 unspecified atom stereocenters. The average molecular weight is 943 g/mol. The Bertz CT molecular complexity index is 2790. The number of halogens is 6. The number of alkyl halides is 3. The number of nitrogens with zero attached hydrogens (tertiary/aromatic N) is 8. The number of carbonyl (C=O) groups is 4. The molecule has 356 valence electrons. The first-order valence-corrected chi connectivity index (χ1v) is 21.4. The van der Waals surface area contributed by atoms with Crippen molar-refractivity contribution in [2.45, 2.75) is 75.4 Å². The SMILES string of the molecule is Cn1c(=O)n([C@@H]2CCC(=O)NC2=O)c2ccc(CCN3CCN(c4nccc(-c5nc(C67CCC(CNC(=O)c8cc(F)c(O)c(F)c8F)(CC6)CC7)no5)n4)CC3)cc21.O=C(O)C(F)(F)F. The number of piperidine rings is 1. The van der Waals surface area contributed by atoms with Gasteiger partial charge in [-0.15, -0.1) is 0 Å². The number of carboxylic acid groups (broad SMARTS) is 1. The lowest BCUT2D eigenvalue weighted by Crippen LogP contribution is -2.49. The number of piperazine rings is 1. The molecule has 4 N–H and O–H groups in total. The van der Waals surface area contributed by atoms with Gasteiger partial charge in [0.25, 0.3) is 11.8 Å². The number of hydrogen-bond acceptors (Lipinski definition) is 13. The summed E-state index contributed by atoms with van der Waals surface area (Å²) in [5.41, 5.74) is 1.34. The molecule has 18 nitrogen and oxygen atoms in total. The molecule has 3 amide bonds. The number of carbonyl (C=O) groups excluding carboxylic acids is 3. The van der Waals surface area contributed by atoms with E-state index >= 15 is 0 Å². The van der Waals surface area contributed by atoms with Gasteiger partial charge in [0.15, 0.2) is 23.2 Å². The molecule has 3 aliphatic carbocycles. The van der Waals surface area contributed by atoms with Gasteiger partial charge >= 0.3 is 17.8 Å². The van der Waals surface area contributed by atoms with Gasteiger partial charge < -0.3 is 25.0 Å². The molecule has 5 aromatic rings. The van der Waals surface area contributed by atoms with E-state index in [1.165, 1.54) is 4.57 Å². The number of aryl methyl sites for hydroxylation is 1. The Balaban J connectivity index is 0.000000807. The number of imidazole rings is 1. The van der Waals surface area contributed by atoms with Gasteiger partial charge in [0.1, 0.15) is 11.7 Å². The normalized spacial score (nSPS) is 22.1. The molecule has 67 heavy (non-hydrogen) atoms. The van der Waals surface area contributed by atoms with E-state index in [1.54, 1.807) is 23.9 Å². The quantitative estimate of drug-likeness (QED) is 0.0870. The van der Waals surface area contributed by atoms with E-state index in [1.807, 2.05) is 18.2 Å². The van der Waals surface area contributed by atoms with Crippen molar-refractivity contribution in [1.29, 1.82) is 0 Å². The van der Waals surface area contributed by atoms with Gasteiger partial charge in [0.2, 0.25) is 23.6 Å². The van der Waals surface area contributed by atoms with Gasteiger partial charge in [0, 0.05) is 64.3 Å². The number of amides is 3. The Kier molecular flexibility index (Phi) is 12.6. The van der Waals surface area contributed by atoms with Crippen LogP contribution in [0.2, 0.25) is 0 Å². The predicted molar refractivity (Wildman–Crippen MR) is 222 cm³/mol. The van der Waals surface area contributed by atoms with Gasteiger partial charge in [-0.05, 0) is 86.6 Å². The molecule has 5 fully saturated rings. The van der Waals surface area contributed by atoms with E-state index < -0.39 is 58.8 Å². The van der Waals surface area contributed by atoms with Crippen LogP contribution in [-0.4, -0.2) is 113 Å². The standard InChI is InChI=1S/C41H43F3N10O6.C2HF3O2/c1-51-29-20-23(2-3-27(29)54(39(51)59)28-4-5-30(55)48-35(28)58)7-15-52-16-18-53(19-17-52)38-45-14-6-26(47-38)36-49-37(50-60-36)41-11-8-40(9-12-41,10-13-41)22-46-34(57)24-21-25(42)33(56)32(44)31(24)43;3-2(4,5)1(6)7/h2-3,6,14,20-21,28,56H,4-5,7-13,15-19,22H2,1H3,(H,46,57)(H,48,55,58);(H,6,7)/t28-,40?,41?;/m1./s1. The minimum Gasteiger partial charge on any atom is -0.503 e. The minimum absolute atomic E-state index is 0.189. The molecule has 3 aromatic heterocycles. The molecule has 2 aromatic carbocycles. The molecule has 5 aliphatic rings. The van der Waals surface area contributed by atoms with Gasteiger partial charge in [-0.3, -0.25) is 33.7 Å². The van der Waals surface area contributed by atoms with Crippen LogP contribution in [0.4, 0.5) is 32.3 Å². The highest BCUT2D eigenvalue weighted by Gasteiger charge is 2.52. The van der Waals surface area contributed by atoms with Crippen LogP contribution < -0.4 is 21.2 Å². The second-order valence-electron chi connectivity index (χ2n) is 17.4. The van der Waals surface area contributed by atoms with Crippen LogP contribution in [0.25, 0.3) is 22.6 Å². The van der Waals surface area contributed by atoms with E-state index in [0.717, 1.165) is 75.7 Å². The monoisotopic (exact) mass is 942 g/mol. The van der Waals surface area contributed by atoms with Crippen molar-refractivity contribution in [3.8, 4) is 17.3 Å². The fourth-order valence-electron chi connectivity index (χ4n) is 9.39. The number of imide groups is 1. The number of carboxylic acids is 1. The lowest BCUT2D eigenvalue weighted by molar-refractivity contribution is -0.192. The number of aromatic nitrogens is 6. The van der Waals surface area contributed by atoms with Crippen LogP contribution in [0.15, 0.2) is 45.8 Å². The van der Waals surface area contributed by atoms with Crippen LogP contribution in [0, 0.1) is 22.9 Å². The Morgan fingerprint density at radius 1 is 0.940 bits per heavy atom. The first kappa shape index (κ1) is 46.7. The third kappa shape index (κ3) is 9.30. The third-order valence-corrected chi connectivity index (χ3v) is 13.5. The maximum atomic E-state index is 14.3. The predicted octanol–water partition coefficient (Wildman–Crippen LogP) is 4.30. The summed E-state index contributed by atoms with van der Waals surface area (Å²) in [4.78, 5) is 77.6. The Hall–Kier alpha value is -6.85. The molecule has 5 heterocycles. The van der Waals surface area contributed by atoms with Crippen LogP contribution in [0.5, 0.6) is 5.75 Å². The zero-order chi connectivity index (χ0) is 48.0. The van der Waals surface area contributed by atoms with Crippen molar-refractivity contribution < 1.29 is 60.3 Å². The van der Waals surface area contributed by atoms with Crippen molar-refractivity contribution in [2.75, 3.05) is 44.2 Å². The number of anilines is 1. The van der Waals surface area contributed by atoms with Gasteiger partial charge in [-0.25, -0.2) is 28.3 Å². The van der Waals surface area contributed by atoms with Crippen molar-refractivity contribution in [3.05, 3.63) is 81.4 Å². The number of fused-ring (bicyclic) bond motifs is 4. The number of phenols is 1. The molecule has 2 bridgehead atoms. The van der Waals surface area contributed by atoms with Crippen molar-refractivity contribution in [3.63, 3.8) is 0 Å². The van der Waals surface area contributed by atoms with E-state index in [-0.39, 0.29) is 41.8 Å². The molecule has 2 aliphatic heterocycles. The molecule has 0 spiro atoms. The first-order chi connectivity index (χ1) is 31.8. The number of nitrogens with one attached hydrogen (secondary N) is 2. The maximum absolute atomic E-state index is 14.3. The Morgan fingerprint density at radius 2 is 1.63 bits per heavy atom. The average Bonchev–Trinajstić information content (AvgIpc) is 3.92. The fourth-order valence-corrected chi connectivity index (χ4v) is 9.39. The van der Waals surface area contributed by atoms with Gasteiger partial charge in [-0.2, -0.15) is 22.5 Å². The van der Waals surface area contributed by atoms with Crippen molar-refractivity contribution >= 4 is 40.7 Å².